The van der Waals surface area contributed by atoms with Crippen LogP contribution in [0.2, 0.25) is 10.0 Å². The molecule has 1 heterocycles. The molecule has 2 N–H and O–H groups in total. The summed E-state index contributed by atoms with van der Waals surface area (Å²) in [6, 6.07) is 1.61. The van der Waals surface area contributed by atoms with Crippen LogP contribution < -0.4 is 5.43 Å². The summed E-state index contributed by atoms with van der Waals surface area (Å²) < 4.78 is 0. The van der Waals surface area contributed by atoms with Crippen LogP contribution in [0, 0.1) is 6.92 Å². The lowest BCUT2D eigenvalue weighted by molar-refractivity contribution is 0.0695. The number of rotatable bonds is 1. The summed E-state index contributed by atoms with van der Waals surface area (Å²) in [7, 11) is 0. The van der Waals surface area contributed by atoms with Crippen molar-refractivity contribution in [2.24, 2.45) is 0 Å². The van der Waals surface area contributed by atoms with E-state index in [0.29, 0.717) is 16.1 Å². The number of halogens is 2. The first-order valence-electron chi connectivity index (χ1n) is 4.66. The fraction of sp³-hybridized carbons (Fsp3) is 0.0909. The standard InChI is InChI=1S/C11H7Cl2NO3/c1-4-2-6(12)9-7(8(4)13)10(15)5(3-14-9)11(16)17/h2-3H,1H3,(H,14,15)(H,16,17). The minimum absolute atomic E-state index is 0.108. The molecule has 2 aromatic rings. The lowest BCUT2D eigenvalue weighted by Gasteiger charge is -2.06. The van der Waals surface area contributed by atoms with Crippen LogP contribution in [0.4, 0.5) is 0 Å². The van der Waals surface area contributed by atoms with E-state index in [2.05, 4.69) is 4.98 Å². The van der Waals surface area contributed by atoms with E-state index < -0.39 is 11.4 Å². The number of aryl methyl sites for hydroxylation is 1. The van der Waals surface area contributed by atoms with Gasteiger partial charge in [0.2, 0.25) is 5.43 Å². The van der Waals surface area contributed by atoms with Gasteiger partial charge in [0, 0.05) is 6.20 Å². The highest BCUT2D eigenvalue weighted by atomic mass is 35.5. The molecule has 17 heavy (non-hydrogen) atoms. The van der Waals surface area contributed by atoms with Crippen LogP contribution in [0.15, 0.2) is 17.1 Å². The Kier molecular flexibility index (Phi) is 2.85. The molecule has 1 aromatic heterocycles. The number of carbonyl (C=O) groups is 1. The van der Waals surface area contributed by atoms with E-state index in [-0.39, 0.29) is 16.0 Å². The summed E-state index contributed by atoms with van der Waals surface area (Å²) in [6.45, 7) is 1.69. The number of aromatic carboxylic acids is 1. The lowest BCUT2D eigenvalue weighted by Crippen LogP contribution is -2.16. The van der Waals surface area contributed by atoms with Gasteiger partial charge in [0.05, 0.1) is 20.9 Å². The second-order valence-corrected chi connectivity index (χ2v) is 4.36. The summed E-state index contributed by atoms with van der Waals surface area (Å²) >= 11 is 12.0. The van der Waals surface area contributed by atoms with Crippen LogP contribution in [0.3, 0.4) is 0 Å². The van der Waals surface area contributed by atoms with Gasteiger partial charge in [0.1, 0.15) is 5.56 Å². The molecule has 0 amide bonds. The number of aromatic amines is 1. The third-order valence-electron chi connectivity index (χ3n) is 2.46. The minimum Gasteiger partial charge on any atom is -0.477 e. The molecule has 6 heteroatoms. The van der Waals surface area contributed by atoms with Crippen molar-refractivity contribution in [1.29, 1.82) is 0 Å². The van der Waals surface area contributed by atoms with Gasteiger partial charge in [0.25, 0.3) is 0 Å². The Bertz CT molecular complexity index is 691. The molecule has 0 radical (unpaired) electrons. The molecule has 0 aliphatic heterocycles. The number of H-pyrrole nitrogens is 1. The van der Waals surface area contributed by atoms with Crippen LogP contribution >= 0.6 is 23.2 Å². The zero-order chi connectivity index (χ0) is 12.7. The number of hydrogen-bond donors (Lipinski definition) is 2. The molecule has 0 saturated heterocycles. The van der Waals surface area contributed by atoms with Crippen molar-refractivity contribution in [1.82, 2.24) is 4.98 Å². The van der Waals surface area contributed by atoms with Gasteiger partial charge in [-0.2, -0.15) is 0 Å². The van der Waals surface area contributed by atoms with Gasteiger partial charge in [-0.3, -0.25) is 4.79 Å². The summed E-state index contributed by atoms with van der Waals surface area (Å²) in [6.07, 6.45) is 1.12. The van der Waals surface area contributed by atoms with Gasteiger partial charge >= 0.3 is 5.97 Å². The number of benzene rings is 1. The van der Waals surface area contributed by atoms with Crippen LogP contribution in [0.25, 0.3) is 10.9 Å². The fourth-order valence-electron chi connectivity index (χ4n) is 1.61. The highest BCUT2D eigenvalue weighted by Gasteiger charge is 2.16. The average Bonchev–Trinajstić information content (AvgIpc) is 2.25. The molecule has 0 unspecified atom stereocenters. The van der Waals surface area contributed by atoms with Crippen LogP contribution in [0.1, 0.15) is 15.9 Å². The fourth-order valence-corrected chi connectivity index (χ4v) is 2.16. The van der Waals surface area contributed by atoms with Crippen molar-refractivity contribution in [2.75, 3.05) is 0 Å². The van der Waals surface area contributed by atoms with Crippen LogP contribution in [-0.2, 0) is 0 Å². The van der Waals surface area contributed by atoms with Gasteiger partial charge in [0.15, 0.2) is 0 Å². The average molecular weight is 272 g/mol. The molecule has 0 atom stereocenters. The van der Waals surface area contributed by atoms with E-state index >= 15 is 0 Å². The summed E-state index contributed by atoms with van der Waals surface area (Å²) in [5, 5.41) is 9.51. The number of pyridine rings is 1. The number of fused-ring (bicyclic) bond motifs is 1. The van der Waals surface area contributed by atoms with E-state index in [1.165, 1.54) is 0 Å². The zero-order valence-electron chi connectivity index (χ0n) is 8.67. The number of carboxylic acid groups (broad SMARTS) is 1. The Morgan fingerprint density at radius 1 is 1.41 bits per heavy atom. The zero-order valence-corrected chi connectivity index (χ0v) is 10.2. The maximum atomic E-state index is 12.0. The van der Waals surface area contributed by atoms with Crippen LogP contribution in [-0.4, -0.2) is 16.1 Å². The number of nitrogens with one attached hydrogen (secondary N) is 1. The first kappa shape index (κ1) is 12.0. The molecule has 2 rings (SSSR count). The number of aromatic nitrogens is 1. The van der Waals surface area contributed by atoms with E-state index in [9.17, 15) is 9.59 Å². The summed E-state index contributed by atoms with van der Waals surface area (Å²) in [5.41, 5.74) is -0.0302. The molecule has 4 nitrogen and oxygen atoms in total. The van der Waals surface area contributed by atoms with E-state index in [1.807, 2.05) is 0 Å². The maximum Gasteiger partial charge on any atom is 0.341 e. The van der Waals surface area contributed by atoms with Gasteiger partial charge in [-0.1, -0.05) is 23.2 Å². The third kappa shape index (κ3) is 1.79. The Morgan fingerprint density at radius 2 is 2.06 bits per heavy atom. The monoisotopic (exact) mass is 271 g/mol. The largest absolute Gasteiger partial charge is 0.477 e. The SMILES string of the molecule is Cc1cc(Cl)c2[nH]cc(C(=O)O)c(=O)c2c1Cl. The first-order valence-corrected chi connectivity index (χ1v) is 5.42. The van der Waals surface area contributed by atoms with Crippen molar-refractivity contribution in [2.45, 2.75) is 6.92 Å². The highest BCUT2D eigenvalue weighted by Crippen LogP contribution is 2.29. The summed E-state index contributed by atoms with van der Waals surface area (Å²) in [5.74, 6) is -1.30. The second-order valence-electron chi connectivity index (χ2n) is 3.58. The molecule has 0 fully saturated rings. The van der Waals surface area contributed by atoms with E-state index in [0.717, 1.165) is 6.20 Å². The van der Waals surface area contributed by atoms with Gasteiger partial charge in [-0.25, -0.2) is 4.79 Å². The molecule has 1 aromatic carbocycles. The van der Waals surface area contributed by atoms with Crippen molar-refractivity contribution in [3.05, 3.63) is 43.7 Å². The Morgan fingerprint density at radius 3 is 2.65 bits per heavy atom. The molecule has 0 bridgehead atoms. The smallest absolute Gasteiger partial charge is 0.341 e. The molecular weight excluding hydrogens is 265 g/mol. The molecular formula is C11H7Cl2NO3. The Balaban J connectivity index is 3.04. The Hall–Kier alpha value is -1.52. The van der Waals surface area contributed by atoms with E-state index in [4.69, 9.17) is 28.3 Å². The molecule has 0 spiro atoms. The van der Waals surface area contributed by atoms with Crippen molar-refractivity contribution >= 4 is 40.1 Å². The van der Waals surface area contributed by atoms with Gasteiger partial charge < -0.3 is 10.1 Å². The molecule has 0 aliphatic rings. The lowest BCUT2D eigenvalue weighted by atomic mass is 10.1. The minimum atomic E-state index is -1.30. The summed E-state index contributed by atoms with van der Waals surface area (Å²) in [4.78, 5) is 25.5. The third-order valence-corrected chi connectivity index (χ3v) is 3.25. The second kappa shape index (κ2) is 4.05. The maximum absolute atomic E-state index is 12.0. The van der Waals surface area contributed by atoms with Crippen molar-refractivity contribution in [3.8, 4) is 0 Å². The quantitative estimate of drug-likeness (QED) is 0.838. The van der Waals surface area contributed by atoms with Crippen LogP contribution in [0.5, 0.6) is 0 Å². The molecule has 88 valence electrons. The van der Waals surface area contributed by atoms with Crippen molar-refractivity contribution < 1.29 is 9.90 Å². The predicted molar refractivity (Wildman–Crippen MR) is 66.3 cm³/mol. The first-order chi connectivity index (χ1) is 7.93. The molecule has 0 aliphatic carbocycles. The van der Waals surface area contributed by atoms with Gasteiger partial charge in [-0.05, 0) is 18.6 Å². The number of hydrogen-bond acceptors (Lipinski definition) is 2. The van der Waals surface area contributed by atoms with Gasteiger partial charge in [-0.15, -0.1) is 0 Å². The number of carboxylic acids is 1. The Labute approximate surface area is 106 Å². The molecule has 0 saturated carbocycles. The predicted octanol–water partition coefficient (Wildman–Crippen LogP) is 2.84. The van der Waals surface area contributed by atoms with Crippen molar-refractivity contribution in [3.63, 3.8) is 0 Å². The normalized spacial score (nSPS) is 10.8. The topological polar surface area (TPSA) is 70.2 Å². The van der Waals surface area contributed by atoms with E-state index in [1.54, 1.807) is 13.0 Å². The highest BCUT2D eigenvalue weighted by molar-refractivity contribution is 6.40.